The van der Waals surface area contributed by atoms with Crippen LogP contribution in [0.2, 0.25) is 0 Å². The Balaban J connectivity index is 2.92. The van der Waals surface area contributed by atoms with Crippen LogP contribution < -0.4 is 10.4 Å². The van der Waals surface area contributed by atoms with Crippen molar-refractivity contribution < 1.29 is 0 Å². The third-order valence-electron chi connectivity index (χ3n) is 3.93. The molecule has 0 aliphatic heterocycles. The van der Waals surface area contributed by atoms with Gasteiger partial charge in [-0.25, -0.2) is 10.1 Å². The summed E-state index contributed by atoms with van der Waals surface area (Å²) in [5, 5.41) is 23.7. The lowest BCUT2D eigenvalue weighted by molar-refractivity contribution is 1.51. The standard InChI is InChI=1S/C20H11N3/c1-13(11-21)19-14-7-3-5-9-16(14)20(18(12-22)23-2)17-10-6-4-8-15(17)19/h3-10H,1H3. The molecule has 0 saturated carbocycles. The minimum Gasteiger partial charge on any atom is -0.226 e. The van der Waals surface area contributed by atoms with E-state index >= 15 is 0 Å². The van der Waals surface area contributed by atoms with E-state index in [2.05, 4.69) is 10.9 Å². The summed E-state index contributed by atoms with van der Waals surface area (Å²) in [7, 11) is 0. The van der Waals surface area contributed by atoms with Crippen molar-refractivity contribution in [3.63, 3.8) is 0 Å². The van der Waals surface area contributed by atoms with E-state index in [1.807, 2.05) is 54.6 Å². The molecule has 0 heterocycles. The van der Waals surface area contributed by atoms with Gasteiger partial charge in [-0.2, -0.15) is 5.26 Å². The van der Waals surface area contributed by atoms with Crippen LogP contribution in [-0.2, 0) is 0 Å². The molecule has 0 atom stereocenters. The number of benzene rings is 3. The van der Waals surface area contributed by atoms with E-state index in [0.29, 0.717) is 10.8 Å². The Kier molecular flexibility index (Phi) is 3.52. The maximum atomic E-state index is 9.38. The Bertz CT molecular complexity index is 1120. The zero-order valence-electron chi connectivity index (χ0n) is 12.5. The molecule has 0 spiro atoms. The van der Waals surface area contributed by atoms with Gasteiger partial charge in [-0.3, -0.25) is 0 Å². The van der Waals surface area contributed by atoms with Crippen molar-refractivity contribution in [3.05, 3.63) is 70.4 Å². The van der Waals surface area contributed by atoms with Crippen molar-refractivity contribution in [1.82, 2.24) is 0 Å². The number of nitriles is 2. The van der Waals surface area contributed by atoms with E-state index in [1.54, 1.807) is 6.92 Å². The van der Waals surface area contributed by atoms with Gasteiger partial charge >= 0.3 is 0 Å². The molecule has 0 radical (unpaired) electrons. The van der Waals surface area contributed by atoms with Crippen molar-refractivity contribution in [2.45, 2.75) is 6.92 Å². The summed E-state index contributed by atoms with van der Waals surface area (Å²) in [5.41, 5.74) is 0.684. The Labute approximate surface area is 133 Å². The van der Waals surface area contributed by atoms with Gasteiger partial charge in [0.25, 0.3) is 5.70 Å². The second kappa shape index (κ2) is 5.64. The largest absolute Gasteiger partial charge is 0.270 e. The fourth-order valence-corrected chi connectivity index (χ4v) is 2.98. The van der Waals surface area contributed by atoms with Crippen LogP contribution in [0.4, 0.5) is 0 Å². The van der Waals surface area contributed by atoms with Crippen LogP contribution >= 0.6 is 0 Å². The maximum absolute atomic E-state index is 9.38. The monoisotopic (exact) mass is 293 g/mol. The number of rotatable bonds is 0. The minimum atomic E-state index is 0.0681. The van der Waals surface area contributed by atoms with Crippen molar-refractivity contribution >= 4 is 32.8 Å². The molecule has 3 aromatic rings. The van der Waals surface area contributed by atoms with Crippen LogP contribution in [0, 0.1) is 29.2 Å². The van der Waals surface area contributed by atoms with Gasteiger partial charge in [-0.15, -0.1) is 0 Å². The van der Waals surface area contributed by atoms with Crippen molar-refractivity contribution in [2.24, 2.45) is 0 Å². The zero-order valence-corrected chi connectivity index (χ0v) is 12.5. The molecule has 0 unspecified atom stereocenters. The van der Waals surface area contributed by atoms with Gasteiger partial charge in [-0.1, -0.05) is 48.5 Å². The van der Waals surface area contributed by atoms with Crippen molar-refractivity contribution in [1.29, 1.82) is 10.5 Å². The first-order valence-electron chi connectivity index (χ1n) is 7.05. The summed E-state index contributed by atoms with van der Waals surface area (Å²) in [6.07, 6.45) is 0. The molecule has 106 valence electrons. The van der Waals surface area contributed by atoms with Crippen LogP contribution in [0.3, 0.4) is 0 Å². The zero-order chi connectivity index (χ0) is 16.4. The predicted octanol–water partition coefficient (Wildman–Crippen LogP) is 3.24. The first kappa shape index (κ1) is 14.3. The Morgan fingerprint density at radius 2 is 1.26 bits per heavy atom. The molecule has 0 N–H and O–H groups in total. The molecule has 0 amide bonds. The number of hydrogen-bond acceptors (Lipinski definition) is 2. The highest BCUT2D eigenvalue weighted by molar-refractivity contribution is 6.03. The fraction of sp³-hybridized carbons (Fsp3) is 0.0500. The quantitative estimate of drug-likeness (QED) is 0.472. The molecule has 0 saturated heterocycles. The van der Waals surface area contributed by atoms with Gasteiger partial charge in [0.2, 0.25) is 0 Å². The Morgan fingerprint density at radius 1 is 0.826 bits per heavy atom. The number of nitrogens with zero attached hydrogens (tertiary/aromatic N) is 3. The SMILES string of the molecule is [C-]#[N+]C(C#N)=c1c2ccccc2c(=C(C)C#N)c2ccccc12. The third kappa shape index (κ3) is 2.11. The Hall–Kier alpha value is -3.61. The minimum absolute atomic E-state index is 0.0681. The molecule has 0 fully saturated rings. The highest BCUT2D eigenvalue weighted by Gasteiger charge is 2.10. The highest BCUT2D eigenvalue weighted by Crippen LogP contribution is 2.16. The molecule has 3 nitrogen and oxygen atoms in total. The van der Waals surface area contributed by atoms with Gasteiger partial charge in [0.15, 0.2) is 0 Å². The van der Waals surface area contributed by atoms with Gasteiger partial charge in [0, 0.05) is 16.0 Å². The fourth-order valence-electron chi connectivity index (χ4n) is 2.98. The lowest BCUT2D eigenvalue weighted by Gasteiger charge is -2.08. The normalized spacial score (nSPS) is 9.83. The smallest absolute Gasteiger partial charge is 0.226 e. The molecule has 23 heavy (non-hydrogen) atoms. The third-order valence-corrected chi connectivity index (χ3v) is 3.93. The molecule has 3 heteroatoms. The van der Waals surface area contributed by atoms with E-state index in [1.165, 1.54) is 0 Å². The Morgan fingerprint density at radius 3 is 1.61 bits per heavy atom. The predicted molar refractivity (Wildman–Crippen MR) is 91.0 cm³/mol. The molecule has 0 aliphatic carbocycles. The van der Waals surface area contributed by atoms with E-state index in [4.69, 9.17) is 6.57 Å². The topological polar surface area (TPSA) is 51.9 Å². The number of hydrogen-bond donors (Lipinski definition) is 0. The summed E-state index contributed by atoms with van der Waals surface area (Å²) in [6, 6.07) is 19.5. The second-order valence-electron chi connectivity index (χ2n) is 5.15. The summed E-state index contributed by atoms with van der Waals surface area (Å²) in [4.78, 5) is 3.41. The molecular formula is C20H11N3. The van der Waals surface area contributed by atoms with Gasteiger partial charge in [0.05, 0.1) is 18.7 Å². The van der Waals surface area contributed by atoms with Crippen LogP contribution in [0.1, 0.15) is 6.92 Å². The molecule has 3 aromatic carbocycles. The first-order valence-corrected chi connectivity index (χ1v) is 7.05. The average molecular weight is 293 g/mol. The highest BCUT2D eigenvalue weighted by atomic mass is 14.7. The molecule has 3 rings (SSSR count). The lowest BCUT2D eigenvalue weighted by atomic mass is 9.95. The lowest BCUT2D eigenvalue weighted by Crippen LogP contribution is -2.17. The number of fused-ring (bicyclic) bond motifs is 2. The van der Waals surface area contributed by atoms with Gasteiger partial charge < -0.3 is 0 Å². The van der Waals surface area contributed by atoms with Crippen LogP contribution in [0.25, 0.3) is 37.7 Å². The van der Waals surface area contributed by atoms with E-state index < -0.39 is 0 Å². The van der Waals surface area contributed by atoms with E-state index in [0.717, 1.165) is 26.8 Å². The van der Waals surface area contributed by atoms with E-state index in [-0.39, 0.29) is 5.70 Å². The molecule has 0 aromatic heterocycles. The molecule has 0 aliphatic rings. The van der Waals surface area contributed by atoms with Crippen molar-refractivity contribution in [2.75, 3.05) is 0 Å². The first-order chi connectivity index (χ1) is 11.2. The average Bonchev–Trinajstić information content (AvgIpc) is 2.61. The van der Waals surface area contributed by atoms with E-state index in [9.17, 15) is 10.5 Å². The summed E-state index contributed by atoms with van der Waals surface area (Å²) in [6.45, 7) is 9.12. The van der Waals surface area contributed by atoms with Gasteiger partial charge in [-0.05, 0) is 28.5 Å². The second-order valence-corrected chi connectivity index (χ2v) is 5.15. The maximum Gasteiger partial charge on any atom is 0.270 e. The van der Waals surface area contributed by atoms with Gasteiger partial charge in [0.1, 0.15) is 0 Å². The molecule has 0 bridgehead atoms. The van der Waals surface area contributed by atoms with Crippen molar-refractivity contribution in [3.8, 4) is 12.1 Å². The summed E-state index contributed by atoms with van der Waals surface area (Å²) >= 11 is 0. The summed E-state index contributed by atoms with van der Waals surface area (Å²) in [5.74, 6) is 0. The summed E-state index contributed by atoms with van der Waals surface area (Å²) < 4.78 is 0. The molecular weight excluding hydrogens is 282 g/mol. The van der Waals surface area contributed by atoms with Crippen LogP contribution in [0.15, 0.2) is 48.5 Å². The van der Waals surface area contributed by atoms with Crippen LogP contribution in [0.5, 0.6) is 0 Å². The van der Waals surface area contributed by atoms with Crippen LogP contribution in [-0.4, -0.2) is 0 Å².